The fourth-order valence-electron chi connectivity index (χ4n) is 1.03. The molecule has 4 nitrogen and oxygen atoms in total. The van der Waals surface area contributed by atoms with Crippen molar-refractivity contribution in [3.63, 3.8) is 0 Å². The molecule has 0 fully saturated rings. The maximum atomic E-state index is 11.4. The summed E-state index contributed by atoms with van der Waals surface area (Å²) in [6, 6.07) is 0. The van der Waals surface area contributed by atoms with E-state index >= 15 is 0 Å². The Hall–Kier alpha value is -0.610. The van der Waals surface area contributed by atoms with E-state index in [1.165, 1.54) is 0 Å². The lowest BCUT2D eigenvalue weighted by molar-refractivity contribution is -0.154. The summed E-state index contributed by atoms with van der Waals surface area (Å²) >= 11 is 0. The summed E-state index contributed by atoms with van der Waals surface area (Å²) < 4.78 is 5.17. The molecule has 4 heteroatoms. The third kappa shape index (κ3) is 6.80. The minimum atomic E-state index is -0.467. The second-order valence-electron chi connectivity index (χ2n) is 5.66. The Kier molecular flexibility index (Phi) is 5.42. The minimum Gasteiger partial charge on any atom is -0.460 e. The lowest BCUT2D eigenvalue weighted by Gasteiger charge is -2.29. The van der Waals surface area contributed by atoms with Gasteiger partial charge in [-0.25, -0.2) is 0 Å². The molecule has 0 aromatic heterocycles. The highest BCUT2D eigenvalue weighted by atomic mass is 16.6. The van der Waals surface area contributed by atoms with Crippen LogP contribution in [0.3, 0.4) is 0 Å². The van der Waals surface area contributed by atoms with Gasteiger partial charge in [0, 0.05) is 12.1 Å². The van der Waals surface area contributed by atoms with Crippen molar-refractivity contribution in [1.29, 1.82) is 0 Å². The quantitative estimate of drug-likeness (QED) is 0.703. The number of hydrogen-bond donors (Lipinski definition) is 2. The van der Waals surface area contributed by atoms with Crippen molar-refractivity contribution < 1.29 is 14.6 Å². The van der Waals surface area contributed by atoms with E-state index in [4.69, 9.17) is 4.74 Å². The normalized spacial score (nSPS) is 14.7. The van der Waals surface area contributed by atoms with Crippen LogP contribution in [-0.4, -0.2) is 34.9 Å². The molecule has 0 spiro atoms. The van der Waals surface area contributed by atoms with Crippen LogP contribution < -0.4 is 5.32 Å². The number of aliphatic hydroxyl groups excluding tert-OH is 1. The zero-order chi connectivity index (χ0) is 13.0. The van der Waals surface area contributed by atoms with Gasteiger partial charge in [0.05, 0.1) is 12.5 Å². The van der Waals surface area contributed by atoms with Crippen LogP contribution in [0.15, 0.2) is 0 Å². The molecular weight excluding hydrogens is 206 g/mol. The molecule has 0 saturated carbocycles. The summed E-state index contributed by atoms with van der Waals surface area (Å²) in [5.41, 5.74) is -0.821. The van der Waals surface area contributed by atoms with Crippen LogP contribution in [0.2, 0.25) is 0 Å². The zero-order valence-corrected chi connectivity index (χ0v) is 11.3. The summed E-state index contributed by atoms with van der Waals surface area (Å²) in [5, 5.41) is 12.6. The number of carbonyl (C=O) groups excluding carboxylic acids is 1. The molecule has 0 aromatic rings. The molecule has 0 bridgehead atoms. The van der Waals surface area contributed by atoms with E-state index in [1.54, 1.807) is 6.92 Å². The molecule has 0 aliphatic heterocycles. The first kappa shape index (κ1) is 15.4. The highest BCUT2D eigenvalue weighted by Gasteiger charge is 2.23. The minimum absolute atomic E-state index is 0.221. The van der Waals surface area contributed by atoms with E-state index in [0.717, 1.165) is 0 Å². The molecule has 0 aromatic carbocycles. The summed E-state index contributed by atoms with van der Waals surface area (Å²) in [5.74, 6) is -0.221. The van der Waals surface area contributed by atoms with E-state index in [0.29, 0.717) is 13.0 Å². The first-order valence-electron chi connectivity index (χ1n) is 5.69. The van der Waals surface area contributed by atoms with Gasteiger partial charge in [-0.1, -0.05) is 0 Å². The second kappa shape index (κ2) is 5.64. The van der Waals surface area contributed by atoms with Gasteiger partial charge in [-0.2, -0.15) is 0 Å². The van der Waals surface area contributed by atoms with Crippen LogP contribution >= 0.6 is 0 Å². The molecule has 96 valence electrons. The average Bonchev–Trinajstić information content (AvgIpc) is 1.99. The van der Waals surface area contributed by atoms with Gasteiger partial charge in [-0.05, 0) is 41.5 Å². The zero-order valence-electron chi connectivity index (χ0n) is 11.3. The number of carbonyl (C=O) groups is 1. The molecular formula is C12H25NO3. The predicted octanol–water partition coefficient (Wildman–Crippen LogP) is 1.47. The van der Waals surface area contributed by atoms with Gasteiger partial charge in [-0.15, -0.1) is 0 Å². The van der Waals surface area contributed by atoms with Crippen molar-refractivity contribution in [2.45, 2.75) is 65.2 Å². The molecule has 0 radical (unpaired) electrons. The smallest absolute Gasteiger partial charge is 0.307 e. The molecule has 1 unspecified atom stereocenters. The first-order valence-corrected chi connectivity index (χ1v) is 5.69. The van der Waals surface area contributed by atoms with Crippen LogP contribution in [-0.2, 0) is 9.53 Å². The molecule has 16 heavy (non-hydrogen) atoms. The Bertz CT molecular complexity index is 229. The second-order valence-corrected chi connectivity index (χ2v) is 5.66. The largest absolute Gasteiger partial charge is 0.460 e. The molecule has 0 aliphatic carbocycles. The molecule has 0 rings (SSSR count). The maximum absolute atomic E-state index is 11.4. The van der Waals surface area contributed by atoms with E-state index in [1.807, 2.05) is 34.6 Å². The van der Waals surface area contributed by atoms with Crippen LogP contribution in [0, 0.1) is 0 Å². The number of esters is 1. The van der Waals surface area contributed by atoms with Crippen LogP contribution in [0.25, 0.3) is 0 Å². The van der Waals surface area contributed by atoms with E-state index in [2.05, 4.69) is 5.32 Å². The Balaban J connectivity index is 3.87. The van der Waals surface area contributed by atoms with Crippen molar-refractivity contribution in [1.82, 2.24) is 5.32 Å². The molecule has 0 amide bonds. The SMILES string of the molecule is CC(O)C(C)(C)NCCC(=O)OC(C)(C)C. The van der Waals surface area contributed by atoms with Gasteiger partial charge < -0.3 is 15.2 Å². The number of rotatable bonds is 5. The maximum Gasteiger partial charge on any atom is 0.307 e. The van der Waals surface area contributed by atoms with Crippen molar-refractivity contribution in [3.05, 3.63) is 0 Å². The molecule has 0 saturated heterocycles. The van der Waals surface area contributed by atoms with Crippen molar-refractivity contribution in [2.24, 2.45) is 0 Å². The average molecular weight is 231 g/mol. The summed E-state index contributed by atoms with van der Waals surface area (Å²) in [4.78, 5) is 11.4. The third-order valence-electron chi connectivity index (χ3n) is 2.37. The molecule has 2 N–H and O–H groups in total. The summed E-state index contributed by atoms with van der Waals surface area (Å²) in [7, 11) is 0. The van der Waals surface area contributed by atoms with E-state index in [9.17, 15) is 9.90 Å². The van der Waals surface area contributed by atoms with Gasteiger partial charge in [0.2, 0.25) is 0 Å². The lowest BCUT2D eigenvalue weighted by Crippen LogP contribution is -2.48. The summed E-state index contributed by atoms with van der Waals surface area (Å²) in [6.07, 6.45) is -0.154. The van der Waals surface area contributed by atoms with Gasteiger partial charge in [0.25, 0.3) is 0 Å². The molecule has 0 aliphatic rings. The highest BCUT2D eigenvalue weighted by Crippen LogP contribution is 2.10. The van der Waals surface area contributed by atoms with Gasteiger partial charge in [0.15, 0.2) is 0 Å². The summed E-state index contributed by atoms with van der Waals surface area (Å²) in [6.45, 7) is 11.6. The Morgan fingerprint density at radius 3 is 2.19 bits per heavy atom. The number of nitrogens with one attached hydrogen (secondary N) is 1. The Morgan fingerprint density at radius 1 is 1.31 bits per heavy atom. The standard InChI is InChI=1S/C12H25NO3/c1-9(14)12(5,6)13-8-7-10(15)16-11(2,3)4/h9,13-14H,7-8H2,1-6H3. The van der Waals surface area contributed by atoms with Gasteiger partial charge in [-0.3, -0.25) is 4.79 Å². The fourth-order valence-corrected chi connectivity index (χ4v) is 1.03. The Labute approximate surface area is 98.4 Å². The van der Waals surface area contributed by atoms with Crippen LogP contribution in [0.4, 0.5) is 0 Å². The van der Waals surface area contributed by atoms with Crippen molar-refractivity contribution >= 4 is 5.97 Å². The predicted molar refractivity (Wildman–Crippen MR) is 64.2 cm³/mol. The number of hydrogen-bond acceptors (Lipinski definition) is 4. The third-order valence-corrected chi connectivity index (χ3v) is 2.37. The first-order chi connectivity index (χ1) is 7.04. The molecule has 1 atom stereocenters. The van der Waals surface area contributed by atoms with Crippen LogP contribution in [0.5, 0.6) is 0 Å². The van der Waals surface area contributed by atoms with Crippen molar-refractivity contribution in [3.8, 4) is 0 Å². The van der Waals surface area contributed by atoms with Gasteiger partial charge in [0.1, 0.15) is 5.60 Å². The monoisotopic (exact) mass is 231 g/mol. The number of aliphatic hydroxyl groups is 1. The van der Waals surface area contributed by atoms with Crippen LogP contribution in [0.1, 0.15) is 48.0 Å². The Morgan fingerprint density at radius 2 is 1.81 bits per heavy atom. The molecule has 0 heterocycles. The van der Waals surface area contributed by atoms with E-state index < -0.39 is 11.7 Å². The topological polar surface area (TPSA) is 58.6 Å². The van der Waals surface area contributed by atoms with Gasteiger partial charge >= 0.3 is 5.97 Å². The van der Waals surface area contributed by atoms with E-state index in [-0.39, 0.29) is 11.5 Å². The lowest BCUT2D eigenvalue weighted by atomic mass is 9.99. The number of ether oxygens (including phenoxy) is 1. The highest BCUT2D eigenvalue weighted by molar-refractivity contribution is 5.70. The van der Waals surface area contributed by atoms with Crippen molar-refractivity contribution in [2.75, 3.05) is 6.54 Å². The fraction of sp³-hybridized carbons (Fsp3) is 0.917.